The number of esters is 1. The van der Waals surface area contributed by atoms with E-state index >= 15 is 0 Å². The predicted octanol–water partition coefficient (Wildman–Crippen LogP) is 4.48. The van der Waals surface area contributed by atoms with E-state index in [1.165, 1.54) is 0 Å². The number of halogens is 2. The van der Waals surface area contributed by atoms with Crippen LogP contribution in [0.15, 0.2) is 48.5 Å². The molecule has 0 spiro atoms. The highest BCUT2D eigenvalue weighted by Gasteiger charge is 2.19. The smallest absolute Gasteiger partial charge is 0.340 e. The molecule has 1 aromatic heterocycles. The Hall–Kier alpha value is -3.48. The number of hydrogen-bond acceptors (Lipinski definition) is 3. The van der Waals surface area contributed by atoms with Crippen molar-refractivity contribution in [3.63, 3.8) is 0 Å². The molecule has 29 heavy (non-hydrogen) atoms. The number of carbonyl (C=O) groups excluding carboxylic acids is 2. The van der Waals surface area contributed by atoms with E-state index in [9.17, 15) is 18.4 Å². The van der Waals surface area contributed by atoms with E-state index in [1.807, 2.05) is 42.7 Å². The number of amides is 1. The van der Waals surface area contributed by atoms with Crippen molar-refractivity contribution in [3.8, 4) is 5.69 Å². The number of carbonyl (C=O) groups is 2. The Labute approximate surface area is 166 Å². The quantitative estimate of drug-likeness (QED) is 0.645. The van der Waals surface area contributed by atoms with E-state index in [0.29, 0.717) is 17.3 Å². The Morgan fingerprint density at radius 2 is 1.69 bits per heavy atom. The van der Waals surface area contributed by atoms with Crippen LogP contribution in [0.3, 0.4) is 0 Å². The summed E-state index contributed by atoms with van der Waals surface area (Å²) >= 11 is 0. The van der Waals surface area contributed by atoms with E-state index < -0.39 is 30.1 Å². The van der Waals surface area contributed by atoms with Crippen molar-refractivity contribution in [2.24, 2.45) is 0 Å². The molecule has 3 rings (SSSR count). The number of nitrogens with zero attached hydrogens (tertiary/aromatic N) is 1. The van der Waals surface area contributed by atoms with E-state index in [0.717, 1.165) is 29.1 Å². The topological polar surface area (TPSA) is 60.3 Å². The number of ether oxygens (including phenoxy) is 1. The first-order chi connectivity index (χ1) is 13.8. The summed E-state index contributed by atoms with van der Waals surface area (Å²) in [6, 6.07) is 12.3. The number of nitrogens with one attached hydrogen (secondary N) is 1. The van der Waals surface area contributed by atoms with Crippen LogP contribution in [0.5, 0.6) is 0 Å². The first-order valence-corrected chi connectivity index (χ1v) is 8.94. The van der Waals surface area contributed by atoms with Crippen molar-refractivity contribution in [2.45, 2.75) is 20.8 Å². The maximum atomic E-state index is 13.6. The molecule has 1 N–H and O–H groups in total. The van der Waals surface area contributed by atoms with Crippen LogP contribution in [0, 0.1) is 32.4 Å². The van der Waals surface area contributed by atoms with E-state index in [2.05, 4.69) is 5.32 Å². The average molecular weight is 398 g/mol. The summed E-state index contributed by atoms with van der Waals surface area (Å²) in [4.78, 5) is 24.4. The van der Waals surface area contributed by atoms with Crippen molar-refractivity contribution in [1.82, 2.24) is 4.57 Å². The summed E-state index contributed by atoms with van der Waals surface area (Å²) in [6.07, 6.45) is 0. The maximum Gasteiger partial charge on any atom is 0.340 e. The lowest BCUT2D eigenvalue weighted by Crippen LogP contribution is -2.21. The standard InChI is InChI=1S/C22H20F2N2O3/c1-13-4-7-17(8-5-13)26-14(2)10-18(15(26)3)22(28)29-12-21(27)25-20-9-6-16(23)11-19(20)24/h4-11H,12H2,1-3H3,(H,25,27). The second-order valence-electron chi connectivity index (χ2n) is 6.70. The molecule has 0 unspecified atom stereocenters. The van der Waals surface area contributed by atoms with Gasteiger partial charge < -0.3 is 14.6 Å². The van der Waals surface area contributed by atoms with Gasteiger partial charge in [0.1, 0.15) is 11.6 Å². The molecule has 0 aliphatic rings. The minimum Gasteiger partial charge on any atom is -0.452 e. The first-order valence-electron chi connectivity index (χ1n) is 8.94. The fourth-order valence-corrected chi connectivity index (χ4v) is 3.05. The lowest BCUT2D eigenvalue weighted by Gasteiger charge is -2.10. The van der Waals surface area contributed by atoms with Crippen LogP contribution < -0.4 is 5.32 Å². The van der Waals surface area contributed by atoms with Crippen molar-refractivity contribution in [3.05, 3.63) is 82.7 Å². The third kappa shape index (κ3) is 4.51. The molecule has 1 heterocycles. The third-order valence-electron chi connectivity index (χ3n) is 4.48. The molecule has 0 bridgehead atoms. The van der Waals surface area contributed by atoms with Crippen LogP contribution in [-0.2, 0) is 9.53 Å². The van der Waals surface area contributed by atoms with Gasteiger partial charge in [-0.1, -0.05) is 17.7 Å². The summed E-state index contributed by atoms with van der Waals surface area (Å²) in [5.74, 6) is -3.05. The van der Waals surface area contributed by atoms with Gasteiger partial charge in [0.2, 0.25) is 0 Å². The molecular formula is C22H20F2N2O3. The van der Waals surface area contributed by atoms with Crippen LogP contribution in [0.1, 0.15) is 27.3 Å². The summed E-state index contributed by atoms with van der Waals surface area (Å²) in [7, 11) is 0. The van der Waals surface area contributed by atoms with Gasteiger partial charge in [0, 0.05) is 23.1 Å². The van der Waals surface area contributed by atoms with Crippen LogP contribution in [0.4, 0.5) is 14.5 Å². The highest BCUT2D eigenvalue weighted by atomic mass is 19.1. The molecule has 150 valence electrons. The second-order valence-corrected chi connectivity index (χ2v) is 6.70. The number of benzene rings is 2. The fourth-order valence-electron chi connectivity index (χ4n) is 3.05. The van der Waals surface area contributed by atoms with Crippen molar-refractivity contribution in [2.75, 3.05) is 11.9 Å². The van der Waals surface area contributed by atoms with Crippen molar-refractivity contribution in [1.29, 1.82) is 0 Å². The SMILES string of the molecule is Cc1ccc(-n2c(C)cc(C(=O)OCC(=O)Nc3ccc(F)cc3F)c2C)cc1. The molecule has 0 saturated heterocycles. The molecule has 2 aromatic carbocycles. The van der Waals surface area contributed by atoms with Gasteiger partial charge in [0.15, 0.2) is 6.61 Å². The largest absolute Gasteiger partial charge is 0.452 e. The normalized spacial score (nSPS) is 10.7. The number of aromatic nitrogens is 1. The maximum absolute atomic E-state index is 13.6. The van der Waals surface area contributed by atoms with Gasteiger partial charge in [0.05, 0.1) is 11.3 Å². The van der Waals surface area contributed by atoms with Crippen LogP contribution >= 0.6 is 0 Å². The minimum atomic E-state index is -0.911. The van der Waals surface area contributed by atoms with Gasteiger partial charge in [-0.3, -0.25) is 4.79 Å². The van der Waals surface area contributed by atoms with Crippen LogP contribution in [-0.4, -0.2) is 23.1 Å². The first kappa shape index (κ1) is 20.3. The molecule has 5 nitrogen and oxygen atoms in total. The number of hydrogen-bond donors (Lipinski definition) is 1. The Balaban J connectivity index is 1.69. The second kappa shape index (κ2) is 8.26. The monoisotopic (exact) mass is 398 g/mol. The number of rotatable bonds is 5. The van der Waals surface area contributed by atoms with Gasteiger partial charge in [-0.2, -0.15) is 0 Å². The highest BCUT2D eigenvalue weighted by molar-refractivity contribution is 5.96. The van der Waals surface area contributed by atoms with Crippen molar-refractivity contribution >= 4 is 17.6 Å². The minimum absolute atomic E-state index is 0.190. The lowest BCUT2D eigenvalue weighted by molar-refractivity contribution is -0.119. The van der Waals surface area contributed by atoms with Gasteiger partial charge >= 0.3 is 5.97 Å². The Morgan fingerprint density at radius 1 is 1.00 bits per heavy atom. The molecule has 1 amide bonds. The van der Waals surface area contributed by atoms with Gasteiger partial charge in [-0.05, 0) is 51.1 Å². The summed E-state index contributed by atoms with van der Waals surface area (Å²) in [6.45, 7) is 5.06. The lowest BCUT2D eigenvalue weighted by atomic mass is 10.2. The molecule has 0 aliphatic carbocycles. The van der Waals surface area contributed by atoms with Crippen molar-refractivity contribution < 1.29 is 23.1 Å². The van der Waals surface area contributed by atoms with Gasteiger partial charge in [0.25, 0.3) is 5.91 Å². The Bertz CT molecular complexity index is 1070. The zero-order chi connectivity index (χ0) is 21.1. The number of aryl methyl sites for hydroxylation is 2. The zero-order valence-corrected chi connectivity index (χ0v) is 16.3. The fraction of sp³-hybridized carbons (Fsp3) is 0.182. The molecule has 7 heteroatoms. The predicted molar refractivity (Wildman–Crippen MR) is 105 cm³/mol. The van der Waals surface area contributed by atoms with Crippen LogP contribution in [0.25, 0.3) is 5.69 Å². The van der Waals surface area contributed by atoms with E-state index in [-0.39, 0.29) is 5.69 Å². The van der Waals surface area contributed by atoms with Crippen LogP contribution in [0.2, 0.25) is 0 Å². The zero-order valence-electron chi connectivity index (χ0n) is 16.3. The summed E-state index contributed by atoms with van der Waals surface area (Å²) in [5.41, 5.74) is 3.71. The van der Waals surface area contributed by atoms with Gasteiger partial charge in [-0.15, -0.1) is 0 Å². The molecule has 0 saturated carbocycles. The molecule has 0 radical (unpaired) electrons. The van der Waals surface area contributed by atoms with E-state index in [4.69, 9.17) is 4.74 Å². The number of anilines is 1. The van der Waals surface area contributed by atoms with E-state index in [1.54, 1.807) is 13.0 Å². The summed E-state index contributed by atoms with van der Waals surface area (Å²) in [5, 5.41) is 2.24. The average Bonchev–Trinajstić information content (AvgIpc) is 2.97. The third-order valence-corrected chi connectivity index (χ3v) is 4.48. The molecule has 0 fully saturated rings. The summed E-state index contributed by atoms with van der Waals surface area (Å²) < 4.78 is 33.5. The Kier molecular flexibility index (Phi) is 5.77. The molecular weight excluding hydrogens is 378 g/mol. The molecule has 0 atom stereocenters. The molecule has 0 aliphatic heterocycles. The van der Waals surface area contributed by atoms with Gasteiger partial charge in [-0.25, -0.2) is 13.6 Å². The molecule has 3 aromatic rings. The highest BCUT2D eigenvalue weighted by Crippen LogP contribution is 2.22. The Morgan fingerprint density at radius 3 is 2.34 bits per heavy atom.